The summed E-state index contributed by atoms with van der Waals surface area (Å²) in [4.78, 5) is 0. The van der Waals surface area contributed by atoms with Crippen molar-refractivity contribution in [3.8, 4) is 0 Å². The number of rotatable bonds is 2. The van der Waals surface area contributed by atoms with Crippen molar-refractivity contribution in [3.63, 3.8) is 0 Å². The fourth-order valence-corrected chi connectivity index (χ4v) is 3.72. The van der Waals surface area contributed by atoms with Crippen LogP contribution in [0, 0.1) is 0 Å². The first-order valence-electron chi connectivity index (χ1n) is 4.59. The molecule has 76 valence electrons. The van der Waals surface area contributed by atoms with Crippen LogP contribution in [0.5, 0.6) is 0 Å². The summed E-state index contributed by atoms with van der Waals surface area (Å²) in [6.07, 6.45) is 4.31. The molecule has 1 aliphatic rings. The van der Waals surface area contributed by atoms with Crippen LogP contribution in [0.3, 0.4) is 0 Å². The molecular weight excluding hydrogens is 212 g/mol. The Morgan fingerprint density at radius 3 is 2.64 bits per heavy atom. The van der Waals surface area contributed by atoms with Crippen LogP contribution in [-0.2, 0) is 15.4 Å². The lowest BCUT2D eigenvalue weighted by Gasteiger charge is -2.36. The molecule has 0 unspecified atom stereocenters. The van der Waals surface area contributed by atoms with Gasteiger partial charge in [0.2, 0.25) is 0 Å². The average Bonchev–Trinajstić information content (AvgIpc) is 2.28. The molecule has 1 aromatic carbocycles. The van der Waals surface area contributed by atoms with Crippen LogP contribution in [0.25, 0.3) is 0 Å². The van der Waals surface area contributed by atoms with E-state index in [4.69, 9.17) is 4.74 Å². The van der Waals surface area contributed by atoms with Gasteiger partial charge in [-0.2, -0.15) is 0 Å². The molecule has 1 nitrogen and oxygen atoms in total. The van der Waals surface area contributed by atoms with Crippen LogP contribution in [0.1, 0.15) is 11.1 Å². The highest BCUT2D eigenvalue weighted by Gasteiger charge is 2.35. The molecule has 3 heteroatoms. The van der Waals surface area contributed by atoms with Crippen LogP contribution < -0.4 is 0 Å². The minimum Gasteiger partial charge on any atom is -0.374 e. The molecule has 1 aromatic rings. The Kier molecular flexibility index (Phi) is 3.10. The molecule has 14 heavy (non-hydrogen) atoms. The van der Waals surface area contributed by atoms with E-state index in [1.54, 1.807) is 0 Å². The van der Waals surface area contributed by atoms with E-state index >= 15 is 0 Å². The fraction of sp³-hybridized carbons (Fsp3) is 0.455. The smallest absolute Gasteiger partial charge is 0.109 e. The van der Waals surface area contributed by atoms with Gasteiger partial charge in [0.1, 0.15) is 4.08 Å². The zero-order valence-corrected chi connectivity index (χ0v) is 10.1. The lowest BCUT2D eigenvalue weighted by Crippen LogP contribution is -2.29. The van der Waals surface area contributed by atoms with Crippen LogP contribution in [0.2, 0.25) is 0 Å². The Balaban J connectivity index is 2.48. The zero-order valence-electron chi connectivity index (χ0n) is 8.45. The number of ether oxygens (including phenoxy) is 1. The normalized spacial score (nSPS) is 19.0. The third kappa shape index (κ3) is 1.58. The number of hydrogen-bond acceptors (Lipinski definition) is 3. The Bertz CT molecular complexity index is 321. The molecule has 0 saturated heterocycles. The molecular formula is C11H14OS2. The first-order valence-corrected chi connectivity index (χ1v) is 7.04. The van der Waals surface area contributed by atoms with Gasteiger partial charge in [-0.3, -0.25) is 0 Å². The monoisotopic (exact) mass is 226 g/mol. The highest BCUT2D eigenvalue weighted by atomic mass is 32.2. The standard InChI is InChI=1S/C11H14OS2/c1-13-11(14-2)8-12-7-9-5-3-4-6-10(9)11/h3-6H,7-8H2,1-2H3. The maximum Gasteiger partial charge on any atom is 0.109 e. The van der Waals surface area contributed by atoms with Crippen molar-refractivity contribution >= 4 is 23.5 Å². The fourth-order valence-electron chi connectivity index (χ4n) is 1.81. The molecule has 1 aliphatic heterocycles. The predicted molar refractivity (Wildman–Crippen MR) is 64.8 cm³/mol. The van der Waals surface area contributed by atoms with Crippen LogP contribution >= 0.6 is 23.5 Å². The van der Waals surface area contributed by atoms with E-state index in [0.29, 0.717) is 0 Å². The summed E-state index contributed by atoms with van der Waals surface area (Å²) in [5.74, 6) is 0. The van der Waals surface area contributed by atoms with Gasteiger partial charge in [0.15, 0.2) is 0 Å². The van der Waals surface area contributed by atoms with Gasteiger partial charge in [-0.15, -0.1) is 23.5 Å². The van der Waals surface area contributed by atoms with Gasteiger partial charge in [0.05, 0.1) is 13.2 Å². The maximum absolute atomic E-state index is 5.65. The first-order chi connectivity index (χ1) is 6.82. The summed E-state index contributed by atoms with van der Waals surface area (Å²) in [7, 11) is 0. The van der Waals surface area contributed by atoms with E-state index in [1.165, 1.54) is 11.1 Å². The molecule has 0 saturated carbocycles. The van der Waals surface area contributed by atoms with E-state index < -0.39 is 0 Å². The van der Waals surface area contributed by atoms with Gasteiger partial charge in [0, 0.05) is 0 Å². The number of fused-ring (bicyclic) bond motifs is 1. The van der Waals surface area contributed by atoms with E-state index in [2.05, 4.69) is 36.8 Å². The molecule has 0 atom stereocenters. The van der Waals surface area contributed by atoms with Crippen molar-refractivity contribution in [2.24, 2.45) is 0 Å². The summed E-state index contributed by atoms with van der Waals surface area (Å²) < 4.78 is 5.76. The molecule has 0 N–H and O–H groups in total. The molecule has 0 bridgehead atoms. The molecule has 0 fully saturated rings. The summed E-state index contributed by atoms with van der Waals surface area (Å²) >= 11 is 3.75. The summed E-state index contributed by atoms with van der Waals surface area (Å²) in [6.45, 7) is 1.57. The van der Waals surface area contributed by atoms with Gasteiger partial charge in [-0.05, 0) is 23.6 Å². The minimum atomic E-state index is 0.106. The molecule has 2 rings (SSSR count). The molecule has 1 heterocycles. The number of benzene rings is 1. The van der Waals surface area contributed by atoms with Gasteiger partial charge >= 0.3 is 0 Å². The summed E-state index contributed by atoms with van der Waals surface area (Å²) in [6, 6.07) is 8.59. The van der Waals surface area contributed by atoms with Crippen molar-refractivity contribution in [3.05, 3.63) is 35.4 Å². The van der Waals surface area contributed by atoms with Gasteiger partial charge < -0.3 is 4.74 Å². The molecule has 0 aliphatic carbocycles. The number of thioether (sulfide) groups is 2. The van der Waals surface area contributed by atoms with Gasteiger partial charge in [0.25, 0.3) is 0 Å². The van der Waals surface area contributed by atoms with Crippen molar-refractivity contribution in [2.45, 2.75) is 10.7 Å². The Morgan fingerprint density at radius 2 is 1.93 bits per heavy atom. The van der Waals surface area contributed by atoms with E-state index in [9.17, 15) is 0 Å². The minimum absolute atomic E-state index is 0.106. The second-order valence-electron chi connectivity index (χ2n) is 3.31. The van der Waals surface area contributed by atoms with Crippen molar-refractivity contribution < 1.29 is 4.74 Å². The van der Waals surface area contributed by atoms with E-state index in [0.717, 1.165) is 13.2 Å². The average molecular weight is 226 g/mol. The Labute approximate surface area is 93.6 Å². The third-order valence-electron chi connectivity index (χ3n) is 2.64. The SMILES string of the molecule is CSC1(SC)COCc2ccccc21. The summed E-state index contributed by atoms with van der Waals surface area (Å²) in [5, 5.41) is 0. The lowest BCUT2D eigenvalue weighted by atomic mass is 10.0. The second-order valence-corrected chi connectivity index (χ2v) is 5.78. The Morgan fingerprint density at radius 1 is 1.21 bits per heavy atom. The molecule has 0 radical (unpaired) electrons. The topological polar surface area (TPSA) is 9.23 Å². The second kappa shape index (κ2) is 4.17. The van der Waals surface area contributed by atoms with Crippen LogP contribution in [0.15, 0.2) is 24.3 Å². The Hall–Kier alpha value is -0.120. The molecule has 0 aromatic heterocycles. The van der Waals surface area contributed by atoms with Crippen molar-refractivity contribution in [2.75, 3.05) is 19.1 Å². The predicted octanol–water partition coefficient (Wildman–Crippen LogP) is 3.10. The van der Waals surface area contributed by atoms with Crippen LogP contribution in [0.4, 0.5) is 0 Å². The third-order valence-corrected chi connectivity index (χ3v) is 5.63. The van der Waals surface area contributed by atoms with E-state index in [1.807, 2.05) is 23.5 Å². The molecule has 0 spiro atoms. The van der Waals surface area contributed by atoms with Gasteiger partial charge in [-0.1, -0.05) is 24.3 Å². The number of hydrogen-bond donors (Lipinski definition) is 0. The van der Waals surface area contributed by atoms with Gasteiger partial charge in [-0.25, -0.2) is 0 Å². The maximum atomic E-state index is 5.65. The summed E-state index contributed by atoms with van der Waals surface area (Å²) in [5.41, 5.74) is 2.77. The zero-order chi connectivity index (χ0) is 10.0. The first kappa shape index (κ1) is 10.4. The lowest BCUT2D eigenvalue weighted by molar-refractivity contribution is 0.102. The quantitative estimate of drug-likeness (QED) is 0.717. The highest BCUT2D eigenvalue weighted by molar-refractivity contribution is 8.16. The van der Waals surface area contributed by atoms with Crippen molar-refractivity contribution in [1.82, 2.24) is 0 Å². The van der Waals surface area contributed by atoms with E-state index in [-0.39, 0.29) is 4.08 Å². The highest BCUT2D eigenvalue weighted by Crippen LogP contribution is 2.47. The largest absolute Gasteiger partial charge is 0.374 e. The molecule has 0 amide bonds. The van der Waals surface area contributed by atoms with Crippen LogP contribution in [-0.4, -0.2) is 19.1 Å². The van der Waals surface area contributed by atoms with Crippen molar-refractivity contribution in [1.29, 1.82) is 0 Å².